The van der Waals surface area contributed by atoms with E-state index < -0.39 is 0 Å². The molecule has 1 aliphatic carbocycles. The Morgan fingerprint density at radius 3 is 3.00 bits per heavy atom. The first kappa shape index (κ1) is 8.05. The van der Waals surface area contributed by atoms with Gasteiger partial charge in [0.25, 0.3) is 0 Å². The molecule has 1 amide bonds. The fourth-order valence-corrected chi connectivity index (χ4v) is 2.59. The molecule has 0 aromatic heterocycles. The van der Waals surface area contributed by atoms with E-state index in [1.807, 2.05) is 0 Å². The molecule has 1 aliphatic heterocycles. The van der Waals surface area contributed by atoms with Crippen LogP contribution in [0.25, 0.3) is 0 Å². The number of fused-ring (bicyclic) bond motifs is 1. The van der Waals surface area contributed by atoms with Gasteiger partial charge in [-0.2, -0.15) is 0 Å². The largest absolute Gasteiger partial charge is 0.353 e. The van der Waals surface area contributed by atoms with Gasteiger partial charge in [-0.15, -0.1) is 0 Å². The zero-order chi connectivity index (χ0) is 8.55. The fourth-order valence-electron chi connectivity index (χ4n) is 2.59. The van der Waals surface area contributed by atoms with E-state index in [1.54, 1.807) is 6.92 Å². The molecule has 3 unspecified atom stereocenters. The van der Waals surface area contributed by atoms with Gasteiger partial charge in [0.05, 0.1) is 0 Å². The third-order valence-corrected chi connectivity index (χ3v) is 3.15. The predicted molar refractivity (Wildman–Crippen MR) is 46.7 cm³/mol. The van der Waals surface area contributed by atoms with Gasteiger partial charge < -0.3 is 10.6 Å². The molecule has 3 nitrogen and oxygen atoms in total. The monoisotopic (exact) mass is 168 g/mol. The van der Waals surface area contributed by atoms with Gasteiger partial charge in [-0.25, -0.2) is 0 Å². The van der Waals surface area contributed by atoms with Gasteiger partial charge in [-0.05, 0) is 31.2 Å². The van der Waals surface area contributed by atoms with E-state index in [2.05, 4.69) is 10.6 Å². The Kier molecular flexibility index (Phi) is 2.05. The zero-order valence-corrected chi connectivity index (χ0v) is 7.47. The standard InChI is InChI=1S/C9H16N2O/c1-6(12)11-9-3-2-7-4-10-5-8(7)9/h7-10H,2-5H2,1H3,(H,11,12). The van der Waals surface area contributed by atoms with Crippen molar-refractivity contribution in [2.24, 2.45) is 11.8 Å². The minimum absolute atomic E-state index is 0.118. The van der Waals surface area contributed by atoms with Crippen LogP contribution in [-0.4, -0.2) is 25.0 Å². The summed E-state index contributed by atoms with van der Waals surface area (Å²) < 4.78 is 0. The molecule has 2 aliphatic rings. The van der Waals surface area contributed by atoms with Crippen LogP contribution >= 0.6 is 0 Å². The van der Waals surface area contributed by atoms with E-state index in [0.717, 1.165) is 19.0 Å². The number of rotatable bonds is 1. The number of hydrogen-bond acceptors (Lipinski definition) is 2. The number of carbonyl (C=O) groups is 1. The van der Waals surface area contributed by atoms with Crippen molar-refractivity contribution in [2.45, 2.75) is 25.8 Å². The Morgan fingerprint density at radius 1 is 1.42 bits per heavy atom. The quantitative estimate of drug-likeness (QED) is 0.584. The zero-order valence-electron chi connectivity index (χ0n) is 7.47. The van der Waals surface area contributed by atoms with Crippen molar-refractivity contribution in [2.75, 3.05) is 13.1 Å². The summed E-state index contributed by atoms with van der Waals surface area (Å²) >= 11 is 0. The third kappa shape index (κ3) is 1.33. The van der Waals surface area contributed by atoms with Crippen molar-refractivity contribution < 1.29 is 4.79 Å². The lowest BCUT2D eigenvalue weighted by Gasteiger charge is -2.18. The van der Waals surface area contributed by atoms with Crippen LogP contribution < -0.4 is 10.6 Å². The van der Waals surface area contributed by atoms with E-state index >= 15 is 0 Å². The highest BCUT2D eigenvalue weighted by atomic mass is 16.1. The van der Waals surface area contributed by atoms with Crippen LogP contribution in [0.2, 0.25) is 0 Å². The molecule has 1 saturated carbocycles. The molecule has 0 aromatic rings. The summed E-state index contributed by atoms with van der Waals surface area (Å²) in [6, 6.07) is 0.447. The Hall–Kier alpha value is -0.570. The van der Waals surface area contributed by atoms with Crippen LogP contribution in [0.1, 0.15) is 19.8 Å². The molecule has 12 heavy (non-hydrogen) atoms. The number of nitrogens with one attached hydrogen (secondary N) is 2. The SMILES string of the molecule is CC(=O)NC1CCC2CNCC21. The molecule has 2 rings (SSSR count). The van der Waals surface area contributed by atoms with E-state index in [1.165, 1.54) is 12.8 Å². The highest BCUT2D eigenvalue weighted by molar-refractivity contribution is 5.73. The van der Waals surface area contributed by atoms with Gasteiger partial charge in [0.1, 0.15) is 0 Å². The Morgan fingerprint density at radius 2 is 2.25 bits per heavy atom. The molecule has 1 heterocycles. The molecule has 1 saturated heterocycles. The molecule has 0 spiro atoms. The van der Waals surface area contributed by atoms with Crippen LogP contribution in [0.4, 0.5) is 0 Å². The second-order valence-corrected chi connectivity index (χ2v) is 3.97. The Bertz CT molecular complexity index is 193. The van der Waals surface area contributed by atoms with Crippen LogP contribution in [-0.2, 0) is 4.79 Å². The van der Waals surface area contributed by atoms with Crippen molar-refractivity contribution in [3.63, 3.8) is 0 Å². The smallest absolute Gasteiger partial charge is 0.217 e. The summed E-state index contributed by atoms with van der Waals surface area (Å²) in [5.74, 6) is 1.64. The topological polar surface area (TPSA) is 41.1 Å². The van der Waals surface area contributed by atoms with E-state index in [9.17, 15) is 4.79 Å². The molecule has 3 heteroatoms. The van der Waals surface area contributed by atoms with Crippen LogP contribution in [0.5, 0.6) is 0 Å². The van der Waals surface area contributed by atoms with E-state index in [-0.39, 0.29) is 5.91 Å². The Balaban J connectivity index is 1.95. The number of amides is 1. The van der Waals surface area contributed by atoms with Crippen molar-refractivity contribution in [1.29, 1.82) is 0 Å². The highest BCUT2D eigenvalue weighted by Gasteiger charge is 2.39. The molecule has 68 valence electrons. The second kappa shape index (κ2) is 3.05. The summed E-state index contributed by atoms with van der Waals surface area (Å²) in [6.45, 7) is 3.85. The maximum Gasteiger partial charge on any atom is 0.217 e. The molecular formula is C9H16N2O. The van der Waals surface area contributed by atoms with Crippen molar-refractivity contribution >= 4 is 5.91 Å². The van der Waals surface area contributed by atoms with Gasteiger partial charge in [0.2, 0.25) is 5.91 Å². The Labute approximate surface area is 72.9 Å². The first-order valence-electron chi connectivity index (χ1n) is 4.75. The van der Waals surface area contributed by atoms with Gasteiger partial charge in [0.15, 0.2) is 0 Å². The first-order chi connectivity index (χ1) is 5.77. The molecule has 0 radical (unpaired) electrons. The van der Waals surface area contributed by atoms with Crippen molar-refractivity contribution in [3.8, 4) is 0 Å². The summed E-state index contributed by atoms with van der Waals surface area (Å²) in [5.41, 5.74) is 0. The predicted octanol–water partition coefficient (Wildman–Crippen LogP) is 0.121. The number of carbonyl (C=O) groups excluding carboxylic acids is 1. The first-order valence-corrected chi connectivity index (χ1v) is 4.75. The highest BCUT2D eigenvalue weighted by Crippen LogP contribution is 2.34. The summed E-state index contributed by atoms with van der Waals surface area (Å²) in [6.07, 6.45) is 2.46. The average Bonchev–Trinajstić information content (AvgIpc) is 2.52. The van der Waals surface area contributed by atoms with Gasteiger partial charge in [0, 0.05) is 19.5 Å². The molecule has 3 atom stereocenters. The van der Waals surface area contributed by atoms with Gasteiger partial charge >= 0.3 is 0 Å². The lowest BCUT2D eigenvalue weighted by atomic mass is 9.98. The minimum atomic E-state index is 0.118. The van der Waals surface area contributed by atoms with E-state index in [0.29, 0.717) is 12.0 Å². The van der Waals surface area contributed by atoms with Crippen molar-refractivity contribution in [1.82, 2.24) is 10.6 Å². The molecule has 0 aromatic carbocycles. The minimum Gasteiger partial charge on any atom is -0.353 e. The van der Waals surface area contributed by atoms with Crippen LogP contribution in [0.15, 0.2) is 0 Å². The maximum atomic E-state index is 10.9. The van der Waals surface area contributed by atoms with Crippen molar-refractivity contribution in [3.05, 3.63) is 0 Å². The van der Waals surface area contributed by atoms with Gasteiger partial charge in [-0.1, -0.05) is 0 Å². The maximum absolute atomic E-state index is 10.9. The third-order valence-electron chi connectivity index (χ3n) is 3.15. The lowest BCUT2D eigenvalue weighted by Crippen LogP contribution is -2.37. The van der Waals surface area contributed by atoms with E-state index in [4.69, 9.17) is 0 Å². The molecule has 2 N–H and O–H groups in total. The summed E-state index contributed by atoms with van der Waals surface area (Å²) in [7, 11) is 0. The fraction of sp³-hybridized carbons (Fsp3) is 0.889. The van der Waals surface area contributed by atoms with Crippen LogP contribution in [0.3, 0.4) is 0 Å². The molecule has 0 bridgehead atoms. The normalized spacial score (nSPS) is 39.6. The molecular weight excluding hydrogens is 152 g/mol. The van der Waals surface area contributed by atoms with Gasteiger partial charge in [-0.3, -0.25) is 4.79 Å². The second-order valence-electron chi connectivity index (χ2n) is 3.97. The average molecular weight is 168 g/mol. The summed E-state index contributed by atoms with van der Waals surface area (Å²) in [4.78, 5) is 10.9. The lowest BCUT2D eigenvalue weighted by molar-refractivity contribution is -0.119. The molecule has 2 fully saturated rings. The summed E-state index contributed by atoms with van der Waals surface area (Å²) in [5, 5.41) is 6.41. The number of hydrogen-bond donors (Lipinski definition) is 2. The van der Waals surface area contributed by atoms with Crippen LogP contribution in [0, 0.1) is 11.8 Å².